The second-order valence-corrected chi connectivity index (χ2v) is 5.77. The number of piperidine rings is 1. The van der Waals surface area contributed by atoms with Crippen LogP contribution in [0.2, 0.25) is 0 Å². The molecule has 0 aliphatic carbocycles. The first kappa shape index (κ1) is 9.51. The lowest BCUT2D eigenvalue weighted by atomic mass is 9.69. The van der Waals surface area contributed by atoms with Gasteiger partial charge >= 0.3 is 0 Å². The molecule has 0 aromatic carbocycles. The Morgan fingerprint density at radius 1 is 1.15 bits per heavy atom. The van der Waals surface area contributed by atoms with Crippen LogP contribution in [0, 0.1) is 11.3 Å². The highest BCUT2D eigenvalue weighted by Gasteiger charge is 2.45. The van der Waals surface area contributed by atoms with Crippen LogP contribution in [0.15, 0.2) is 0 Å². The third-order valence-electron chi connectivity index (χ3n) is 4.78. The molecular weight excluding hydrogens is 158 g/mol. The molecule has 1 heteroatoms. The van der Waals surface area contributed by atoms with Gasteiger partial charge in [-0.3, -0.25) is 0 Å². The maximum absolute atomic E-state index is 2.63. The standard InChI is InChI=1S/C12H23N/c1-9(2)12(3)7-10-5-6-11(8-12)13(10)4/h9-11H,5-8H2,1-4H3. The van der Waals surface area contributed by atoms with Gasteiger partial charge in [-0.2, -0.15) is 0 Å². The van der Waals surface area contributed by atoms with Crippen molar-refractivity contribution in [3.63, 3.8) is 0 Å². The summed E-state index contributed by atoms with van der Waals surface area (Å²) in [4.78, 5) is 2.63. The minimum atomic E-state index is 0.623. The van der Waals surface area contributed by atoms with E-state index in [9.17, 15) is 0 Å². The van der Waals surface area contributed by atoms with Gasteiger partial charge in [0.15, 0.2) is 0 Å². The van der Waals surface area contributed by atoms with Crippen LogP contribution in [0.4, 0.5) is 0 Å². The predicted octanol–water partition coefficient (Wildman–Crippen LogP) is 2.91. The van der Waals surface area contributed by atoms with Crippen LogP contribution in [0.3, 0.4) is 0 Å². The van der Waals surface area contributed by atoms with Gasteiger partial charge in [0.1, 0.15) is 0 Å². The lowest BCUT2D eigenvalue weighted by Crippen LogP contribution is -2.46. The molecule has 0 N–H and O–H groups in total. The molecule has 2 saturated heterocycles. The molecular formula is C12H23N. The molecule has 2 rings (SSSR count). The second kappa shape index (κ2) is 2.98. The molecule has 2 atom stereocenters. The van der Waals surface area contributed by atoms with Crippen LogP contribution in [-0.2, 0) is 0 Å². The average molecular weight is 181 g/mol. The SMILES string of the molecule is CC(C)C1(C)CC2CCC(C1)N2C. The Hall–Kier alpha value is -0.0400. The molecule has 0 saturated carbocycles. The summed E-state index contributed by atoms with van der Waals surface area (Å²) in [5.74, 6) is 0.851. The molecule has 0 spiro atoms. The lowest BCUT2D eigenvalue weighted by molar-refractivity contribution is 0.0395. The summed E-state index contributed by atoms with van der Waals surface area (Å²) in [6.45, 7) is 7.28. The Kier molecular flexibility index (Phi) is 2.18. The molecule has 13 heavy (non-hydrogen) atoms. The fourth-order valence-corrected chi connectivity index (χ4v) is 3.21. The molecule has 0 aromatic heterocycles. The van der Waals surface area contributed by atoms with Crippen LogP contribution in [-0.4, -0.2) is 24.0 Å². The fourth-order valence-electron chi connectivity index (χ4n) is 3.21. The van der Waals surface area contributed by atoms with E-state index in [-0.39, 0.29) is 0 Å². The van der Waals surface area contributed by atoms with Crippen LogP contribution in [0.25, 0.3) is 0 Å². The third kappa shape index (κ3) is 1.41. The van der Waals surface area contributed by atoms with E-state index in [1.54, 1.807) is 0 Å². The summed E-state index contributed by atoms with van der Waals surface area (Å²) in [7, 11) is 2.32. The summed E-state index contributed by atoms with van der Waals surface area (Å²) in [5.41, 5.74) is 0.623. The van der Waals surface area contributed by atoms with Crippen molar-refractivity contribution in [3.05, 3.63) is 0 Å². The molecule has 2 bridgehead atoms. The monoisotopic (exact) mass is 181 g/mol. The van der Waals surface area contributed by atoms with Gasteiger partial charge in [-0.05, 0) is 44.1 Å². The van der Waals surface area contributed by atoms with Crippen molar-refractivity contribution in [3.8, 4) is 0 Å². The van der Waals surface area contributed by atoms with Crippen molar-refractivity contribution in [1.82, 2.24) is 4.90 Å². The molecule has 2 unspecified atom stereocenters. The van der Waals surface area contributed by atoms with Gasteiger partial charge < -0.3 is 4.90 Å². The van der Waals surface area contributed by atoms with Crippen molar-refractivity contribution in [2.24, 2.45) is 11.3 Å². The van der Waals surface area contributed by atoms with Crippen LogP contribution < -0.4 is 0 Å². The van der Waals surface area contributed by atoms with Crippen molar-refractivity contribution >= 4 is 0 Å². The highest BCUT2D eigenvalue weighted by Crippen LogP contribution is 2.48. The first-order valence-corrected chi connectivity index (χ1v) is 5.75. The molecule has 2 aliphatic rings. The van der Waals surface area contributed by atoms with Gasteiger partial charge in [-0.25, -0.2) is 0 Å². The summed E-state index contributed by atoms with van der Waals surface area (Å²) < 4.78 is 0. The third-order valence-corrected chi connectivity index (χ3v) is 4.78. The van der Waals surface area contributed by atoms with Crippen LogP contribution in [0.5, 0.6) is 0 Å². The molecule has 2 aliphatic heterocycles. The topological polar surface area (TPSA) is 3.24 Å². The van der Waals surface area contributed by atoms with Crippen molar-refractivity contribution in [2.45, 2.75) is 58.5 Å². The molecule has 0 amide bonds. The number of hydrogen-bond donors (Lipinski definition) is 0. The molecule has 76 valence electrons. The predicted molar refractivity (Wildman–Crippen MR) is 56.8 cm³/mol. The largest absolute Gasteiger partial charge is 0.300 e. The summed E-state index contributed by atoms with van der Waals surface area (Å²) >= 11 is 0. The normalized spacial score (nSPS) is 45.9. The van der Waals surface area contributed by atoms with E-state index >= 15 is 0 Å². The van der Waals surface area contributed by atoms with E-state index < -0.39 is 0 Å². The Bertz CT molecular complexity index is 183. The van der Waals surface area contributed by atoms with E-state index in [2.05, 4.69) is 32.7 Å². The smallest absolute Gasteiger partial charge is 0.0101 e. The fraction of sp³-hybridized carbons (Fsp3) is 1.00. The van der Waals surface area contributed by atoms with Gasteiger partial charge in [-0.15, -0.1) is 0 Å². The van der Waals surface area contributed by atoms with Crippen molar-refractivity contribution in [2.75, 3.05) is 7.05 Å². The number of hydrogen-bond acceptors (Lipinski definition) is 1. The van der Waals surface area contributed by atoms with Crippen LogP contribution in [0.1, 0.15) is 46.5 Å². The van der Waals surface area contributed by atoms with Crippen molar-refractivity contribution in [1.29, 1.82) is 0 Å². The maximum Gasteiger partial charge on any atom is 0.0101 e. The van der Waals surface area contributed by atoms with E-state index in [4.69, 9.17) is 0 Å². The Labute approximate surface area is 82.5 Å². The van der Waals surface area contributed by atoms with E-state index in [1.165, 1.54) is 25.7 Å². The highest BCUT2D eigenvalue weighted by molar-refractivity contribution is 4.99. The number of nitrogens with zero attached hydrogens (tertiary/aromatic N) is 1. The zero-order valence-corrected chi connectivity index (χ0v) is 9.51. The van der Waals surface area contributed by atoms with Crippen LogP contribution >= 0.6 is 0 Å². The van der Waals surface area contributed by atoms with E-state index in [1.807, 2.05) is 0 Å². The molecule has 2 fully saturated rings. The zero-order valence-electron chi connectivity index (χ0n) is 9.51. The summed E-state index contributed by atoms with van der Waals surface area (Å²) in [6, 6.07) is 1.79. The number of rotatable bonds is 1. The first-order valence-electron chi connectivity index (χ1n) is 5.75. The van der Waals surface area contributed by atoms with Gasteiger partial charge in [0, 0.05) is 12.1 Å². The number of fused-ring (bicyclic) bond motifs is 2. The van der Waals surface area contributed by atoms with Gasteiger partial charge in [0.25, 0.3) is 0 Å². The maximum atomic E-state index is 2.63. The van der Waals surface area contributed by atoms with Gasteiger partial charge in [0.2, 0.25) is 0 Å². The summed E-state index contributed by atoms with van der Waals surface area (Å²) in [5, 5.41) is 0. The molecule has 1 nitrogen and oxygen atoms in total. The summed E-state index contributed by atoms with van der Waals surface area (Å²) in [6.07, 6.45) is 5.75. The molecule has 0 aromatic rings. The minimum Gasteiger partial charge on any atom is -0.300 e. The highest BCUT2D eigenvalue weighted by atomic mass is 15.2. The quantitative estimate of drug-likeness (QED) is 0.601. The zero-order chi connectivity index (χ0) is 9.64. The van der Waals surface area contributed by atoms with Crippen molar-refractivity contribution < 1.29 is 0 Å². The minimum absolute atomic E-state index is 0.623. The Morgan fingerprint density at radius 2 is 1.62 bits per heavy atom. The lowest BCUT2D eigenvalue weighted by Gasteiger charge is -2.45. The van der Waals surface area contributed by atoms with Gasteiger partial charge in [-0.1, -0.05) is 20.8 Å². The molecule has 2 heterocycles. The average Bonchev–Trinajstić information content (AvgIpc) is 2.33. The van der Waals surface area contributed by atoms with E-state index in [0.717, 1.165) is 18.0 Å². The Balaban J connectivity index is 2.14. The second-order valence-electron chi connectivity index (χ2n) is 5.77. The first-order chi connectivity index (χ1) is 6.03. The van der Waals surface area contributed by atoms with Gasteiger partial charge in [0.05, 0.1) is 0 Å². The molecule has 0 radical (unpaired) electrons. The van der Waals surface area contributed by atoms with E-state index in [0.29, 0.717) is 5.41 Å². The Morgan fingerprint density at radius 3 is 2.00 bits per heavy atom.